The van der Waals surface area contributed by atoms with E-state index in [2.05, 4.69) is 43.0 Å². The van der Waals surface area contributed by atoms with Crippen molar-refractivity contribution in [2.45, 2.75) is 64.5 Å². The molecule has 1 aromatic rings. The van der Waals surface area contributed by atoms with Gasteiger partial charge >= 0.3 is 0 Å². The van der Waals surface area contributed by atoms with E-state index in [4.69, 9.17) is 0 Å². The third-order valence-electron chi connectivity index (χ3n) is 6.34. The molecule has 0 radical (unpaired) electrons. The number of carbonyl (C=O) groups excluding carboxylic acids is 1. The van der Waals surface area contributed by atoms with Gasteiger partial charge in [0.1, 0.15) is 0 Å². The van der Waals surface area contributed by atoms with Crippen LogP contribution in [0.4, 0.5) is 5.69 Å². The van der Waals surface area contributed by atoms with Crippen LogP contribution in [0.15, 0.2) is 24.3 Å². The lowest BCUT2D eigenvalue weighted by molar-refractivity contribution is -0.153. The first kappa shape index (κ1) is 18.2. The summed E-state index contributed by atoms with van der Waals surface area (Å²) in [4.78, 5) is 16.6. The third-order valence-corrected chi connectivity index (χ3v) is 6.34. The van der Waals surface area contributed by atoms with E-state index >= 15 is 0 Å². The van der Waals surface area contributed by atoms with Crippen molar-refractivity contribution >= 4 is 11.6 Å². The van der Waals surface area contributed by atoms with E-state index in [-0.39, 0.29) is 17.9 Å². The lowest BCUT2D eigenvalue weighted by Crippen LogP contribution is -2.55. The Morgan fingerprint density at radius 2 is 1.88 bits per heavy atom. The molecular formula is C21H32N2O2. The maximum absolute atomic E-state index is 12.3. The second-order valence-electron chi connectivity index (χ2n) is 7.63. The minimum atomic E-state index is -0.605. The Labute approximate surface area is 151 Å². The summed E-state index contributed by atoms with van der Waals surface area (Å²) in [6.45, 7) is 8.62. The molecule has 1 saturated heterocycles. The van der Waals surface area contributed by atoms with Gasteiger partial charge in [-0.25, -0.2) is 0 Å². The van der Waals surface area contributed by atoms with E-state index in [9.17, 15) is 9.90 Å². The van der Waals surface area contributed by atoms with Gasteiger partial charge in [-0.3, -0.25) is 4.79 Å². The third kappa shape index (κ3) is 3.41. The van der Waals surface area contributed by atoms with E-state index in [1.54, 1.807) is 6.92 Å². The highest BCUT2D eigenvalue weighted by atomic mass is 16.3. The van der Waals surface area contributed by atoms with Crippen LogP contribution in [0.3, 0.4) is 0 Å². The van der Waals surface area contributed by atoms with E-state index < -0.39 is 5.60 Å². The lowest BCUT2D eigenvalue weighted by Gasteiger charge is -2.52. The second-order valence-corrected chi connectivity index (χ2v) is 7.63. The molecule has 0 bridgehead atoms. The molecule has 1 saturated carbocycles. The van der Waals surface area contributed by atoms with E-state index in [1.165, 1.54) is 5.69 Å². The Morgan fingerprint density at radius 3 is 2.48 bits per heavy atom. The molecule has 1 heterocycles. The summed E-state index contributed by atoms with van der Waals surface area (Å²) in [6, 6.07) is 8.65. The van der Waals surface area contributed by atoms with Crippen molar-refractivity contribution in [2.24, 2.45) is 5.92 Å². The summed E-state index contributed by atoms with van der Waals surface area (Å²) >= 11 is 0. The van der Waals surface area contributed by atoms with Gasteiger partial charge in [0.25, 0.3) is 0 Å². The zero-order chi connectivity index (χ0) is 18.0. The SMILES string of the molecule is CCN(CC)c1ccc(C2C3CCCCC3(O)CCN2C(C)=O)cc1. The second kappa shape index (κ2) is 7.36. The van der Waals surface area contributed by atoms with Gasteiger partial charge in [-0.05, 0) is 50.8 Å². The first-order chi connectivity index (χ1) is 12.0. The minimum Gasteiger partial charge on any atom is -0.389 e. The number of benzene rings is 1. The Morgan fingerprint density at radius 1 is 1.20 bits per heavy atom. The molecular weight excluding hydrogens is 312 g/mol. The summed E-state index contributed by atoms with van der Waals surface area (Å²) in [5.41, 5.74) is 1.78. The van der Waals surface area contributed by atoms with Gasteiger partial charge in [-0.2, -0.15) is 0 Å². The normalized spacial score (nSPS) is 29.2. The van der Waals surface area contributed by atoms with Crippen molar-refractivity contribution in [3.63, 3.8) is 0 Å². The molecule has 1 amide bonds. The van der Waals surface area contributed by atoms with Gasteiger partial charge in [-0.1, -0.05) is 25.0 Å². The molecule has 25 heavy (non-hydrogen) atoms. The predicted molar refractivity (Wildman–Crippen MR) is 102 cm³/mol. The van der Waals surface area contributed by atoms with E-state index in [1.807, 2.05) is 4.90 Å². The fourth-order valence-electron chi connectivity index (χ4n) is 4.92. The van der Waals surface area contributed by atoms with Crippen molar-refractivity contribution in [1.82, 2.24) is 4.90 Å². The Bertz CT molecular complexity index is 596. The van der Waals surface area contributed by atoms with E-state index in [0.29, 0.717) is 13.0 Å². The van der Waals surface area contributed by atoms with Crippen LogP contribution in [0.5, 0.6) is 0 Å². The Hall–Kier alpha value is -1.55. The molecule has 1 aliphatic carbocycles. The van der Waals surface area contributed by atoms with Gasteiger partial charge < -0.3 is 14.9 Å². The number of fused-ring (bicyclic) bond motifs is 1. The zero-order valence-corrected chi connectivity index (χ0v) is 15.9. The molecule has 3 unspecified atom stereocenters. The lowest BCUT2D eigenvalue weighted by atomic mass is 9.66. The topological polar surface area (TPSA) is 43.8 Å². The van der Waals surface area contributed by atoms with Crippen molar-refractivity contribution in [3.05, 3.63) is 29.8 Å². The quantitative estimate of drug-likeness (QED) is 0.905. The summed E-state index contributed by atoms with van der Waals surface area (Å²) in [7, 11) is 0. The summed E-state index contributed by atoms with van der Waals surface area (Å²) in [5, 5.41) is 11.2. The smallest absolute Gasteiger partial charge is 0.219 e. The molecule has 1 aliphatic heterocycles. The number of likely N-dealkylation sites (tertiary alicyclic amines) is 1. The van der Waals surface area contributed by atoms with Gasteiger partial charge in [0.2, 0.25) is 5.91 Å². The summed E-state index contributed by atoms with van der Waals surface area (Å²) in [6.07, 6.45) is 4.83. The van der Waals surface area contributed by atoms with Crippen LogP contribution in [-0.2, 0) is 4.79 Å². The number of piperidine rings is 1. The van der Waals surface area contributed by atoms with Gasteiger partial charge in [0.15, 0.2) is 0 Å². The maximum Gasteiger partial charge on any atom is 0.219 e. The van der Waals surface area contributed by atoms with Crippen LogP contribution in [0.2, 0.25) is 0 Å². The molecule has 0 aromatic heterocycles. The first-order valence-corrected chi connectivity index (χ1v) is 9.84. The largest absolute Gasteiger partial charge is 0.389 e. The average Bonchev–Trinajstić information content (AvgIpc) is 2.62. The molecule has 4 heteroatoms. The van der Waals surface area contributed by atoms with Crippen LogP contribution in [0.1, 0.15) is 64.5 Å². The molecule has 2 aliphatic rings. The summed E-state index contributed by atoms with van der Waals surface area (Å²) < 4.78 is 0. The highest BCUT2D eigenvalue weighted by molar-refractivity contribution is 5.74. The number of hydrogen-bond acceptors (Lipinski definition) is 3. The van der Waals surface area contributed by atoms with Crippen molar-refractivity contribution < 1.29 is 9.90 Å². The predicted octanol–water partition coefficient (Wildman–Crippen LogP) is 3.75. The number of aliphatic hydroxyl groups is 1. The first-order valence-electron chi connectivity index (χ1n) is 9.84. The Kier molecular flexibility index (Phi) is 5.38. The van der Waals surface area contributed by atoms with Crippen molar-refractivity contribution in [1.29, 1.82) is 0 Å². The molecule has 3 atom stereocenters. The van der Waals surface area contributed by atoms with Gasteiger partial charge in [-0.15, -0.1) is 0 Å². The van der Waals surface area contributed by atoms with Gasteiger partial charge in [0.05, 0.1) is 11.6 Å². The fraction of sp³-hybridized carbons (Fsp3) is 0.667. The number of hydrogen-bond donors (Lipinski definition) is 1. The van der Waals surface area contributed by atoms with Gasteiger partial charge in [0, 0.05) is 38.2 Å². The Balaban J connectivity index is 1.93. The van der Waals surface area contributed by atoms with Crippen LogP contribution in [0.25, 0.3) is 0 Å². The molecule has 4 nitrogen and oxygen atoms in total. The van der Waals surface area contributed by atoms with Crippen LogP contribution in [0, 0.1) is 5.92 Å². The molecule has 0 spiro atoms. The average molecular weight is 344 g/mol. The highest BCUT2D eigenvalue weighted by Gasteiger charge is 2.49. The summed E-state index contributed by atoms with van der Waals surface area (Å²) in [5.74, 6) is 0.267. The molecule has 1 N–H and O–H groups in total. The van der Waals surface area contributed by atoms with E-state index in [0.717, 1.165) is 44.3 Å². The molecule has 1 aromatic carbocycles. The van der Waals surface area contributed by atoms with Crippen LogP contribution >= 0.6 is 0 Å². The zero-order valence-electron chi connectivity index (χ0n) is 15.9. The van der Waals surface area contributed by atoms with Crippen molar-refractivity contribution in [2.75, 3.05) is 24.5 Å². The highest BCUT2D eigenvalue weighted by Crippen LogP contribution is 2.49. The number of amides is 1. The number of nitrogens with zero attached hydrogens (tertiary/aromatic N) is 2. The molecule has 3 rings (SSSR count). The standard InChI is InChI=1S/C21H32N2O2/c1-4-22(5-2)18-11-9-17(10-12-18)20-19-8-6-7-13-21(19,25)14-15-23(20)16(3)24/h9-12,19-20,25H,4-8,13-15H2,1-3H3. The number of carbonyl (C=O) groups is 1. The number of rotatable bonds is 4. The minimum absolute atomic E-state index is 0.00213. The monoisotopic (exact) mass is 344 g/mol. The molecule has 138 valence electrons. The molecule has 2 fully saturated rings. The van der Waals surface area contributed by atoms with Crippen molar-refractivity contribution in [3.8, 4) is 0 Å². The number of anilines is 1. The van der Waals surface area contributed by atoms with Crippen LogP contribution < -0.4 is 4.90 Å². The maximum atomic E-state index is 12.3. The van der Waals surface area contributed by atoms with Crippen LogP contribution in [-0.4, -0.2) is 41.1 Å². The fourth-order valence-corrected chi connectivity index (χ4v) is 4.92.